The molecule has 0 aromatic heterocycles. The first kappa shape index (κ1) is 17.3. The molecule has 0 radical (unpaired) electrons. The van der Waals surface area contributed by atoms with Crippen LogP contribution < -0.4 is 9.64 Å². The highest BCUT2D eigenvalue weighted by Gasteiger charge is 2.50. The molecule has 4 nitrogen and oxygen atoms in total. The normalized spacial score (nSPS) is 18.5. The third kappa shape index (κ3) is 2.78. The predicted octanol–water partition coefficient (Wildman–Crippen LogP) is 3.79. The van der Waals surface area contributed by atoms with Gasteiger partial charge in [-0.1, -0.05) is 60.2 Å². The number of carbonyl (C=O) groups is 1. The minimum atomic E-state index is -1.67. The number of ether oxygens (including phenoxy) is 1. The van der Waals surface area contributed by atoms with Crippen LogP contribution in [0.15, 0.2) is 72.8 Å². The van der Waals surface area contributed by atoms with E-state index in [2.05, 4.69) is 0 Å². The van der Waals surface area contributed by atoms with Gasteiger partial charge in [-0.2, -0.15) is 0 Å². The number of hydrogen-bond acceptors (Lipinski definition) is 3. The van der Waals surface area contributed by atoms with E-state index in [1.54, 1.807) is 18.1 Å². The van der Waals surface area contributed by atoms with Crippen LogP contribution in [-0.2, 0) is 16.9 Å². The predicted molar refractivity (Wildman–Crippen MR) is 105 cm³/mol. The molecule has 0 unspecified atom stereocenters. The molecule has 4 rings (SSSR count). The lowest BCUT2D eigenvalue weighted by molar-refractivity contribution is -0.132. The average molecular weight is 359 g/mol. The molecule has 0 saturated carbocycles. The summed E-state index contributed by atoms with van der Waals surface area (Å²) in [6.07, 6.45) is 0. The molecule has 136 valence electrons. The van der Waals surface area contributed by atoms with Crippen LogP contribution in [0.4, 0.5) is 5.69 Å². The van der Waals surface area contributed by atoms with E-state index in [-0.39, 0.29) is 5.91 Å². The molecule has 0 fully saturated rings. The van der Waals surface area contributed by atoms with Gasteiger partial charge in [-0.05, 0) is 36.2 Å². The van der Waals surface area contributed by atoms with Gasteiger partial charge >= 0.3 is 0 Å². The molecule has 0 bridgehead atoms. The summed E-state index contributed by atoms with van der Waals surface area (Å²) in [5.74, 6) is 0.438. The summed E-state index contributed by atoms with van der Waals surface area (Å²) in [6.45, 7) is 2.33. The number of methoxy groups -OCH3 is 1. The highest BCUT2D eigenvalue weighted by molar-refractivity contribution is 6.09. The maximum atomic E-state index is 13.4. The Morgan fingerprint density at radius 1 is 1.00 bits per heavy atom. The first-order valence-electron chi connectivity index (χ1n) is 8.88. The number of hydrogen-bond donors (Lipinski definition) is 1. The zero-order valence-corrected chi connectivity index (χ0v) is 15.3. The zero-order valence-electron chi connectivity index (χ0n) is 15.3. The van der Waals surface area contributed by atoms with Gasteiger partial charge in [0.05, 0.1) is 19.3 Å². The van der Waals surface area contributed by atoms with Crippen molar-refractivity contribution in [1.82, 2.24) is 0 Å². The molecule has 1 heterocycles. The lowest BCUT2D eigenvalue weighted by atomic mass is 9.87. The van der Waals surface area contributed by atoms with E-state index < -0.39 is 5.60 Å². The number of rotatable bonds is 4. The number of amides is 1. The summed E-state index contributed by atoms with van der Waals surface area (Å²) < 4.78 is 5.20. The molecule has 1 aliphatic heterocycles. The number of nitrogens with zero attached hydrogens (tertiary/aromatic N) is 1. The van der Waals surface area contributed by atoms with Crippen LogP contribution in [0.1, 0.15) is 22.3 Å². The number of benzene rings is 3. The molecule has 0 saturated heterocycles. The molecule has 1 aliphatic rings. The van der Waals surface area contributed by atoms with Crippen molar-refractivity contribution < 1.29 is 14.6 Å². The Bertz CT molecular complexity index is 997. The Hall–Kier alpha value is -3.11. The topological polar surface area (TPSA) is 49.8 Å². The number of carbonyl (C=O) groups excluding carboxylic acids is 1. The van der Waals surface area contributed by atoms with Crippen molar-refractivity contribution in [2.24, 2.45) is 0 Å². The van der Waals surface area contributed by atoms with Gasteiger partial charge < -0.3 is 14.7 Å². The van der Waals surface area contributed by atoms with Crippen molar-refractivity contribution >= 4 is 11.6 Å². The maximum Gasteiger partial charge on any atom is 0.268 e. The van der Waals surface area contributed by atoms with E-state index in [4.69, 9.17) is 4.74 Å². The van der Waals surface area contributed by atoms with E-state index in [0.717, 1.165) is 22.6 Å². The number of aryl methyl sites for hydroxylation is 1. The van der Waals surface area contributed by atoms with Gasteiger partial charge in [0, 0.05) is 5.56 Å². The van der Waals surface area contributed by atoms with Crippen molar-refractivity contribution in [3.8, 4) is 5.75 Å². The van der Waals surface area contributed by atoms with Gasteiger partial charge in [-0.25, -0.2) is 0 Å². The summed E-state index contributed by atoms with van der Waals surface area (Å²) in [5.41, 5.74) is 2.25. The number of para-hydroxylation sites is 1. The minimum absolute atomic E-state index is 0.329. The van der Waals surface area contributed by atoms with E-state index in [1.165, 1.54) is 0 Å². The SMILES string of the molecule is COc1ccc(CN2C(=O)[C@](O)(c3cccc(C)c3)c3ccccc32)cc1. The Morgan fingerprint density at radius 3 is 2.44 bits per heavy atom. The highest BCUT2D eigenvalue weighted by atomic mass is 16.5. The molecule has 1 amide bonds. The van der Waals surface area contributed by atoms with E-state index in [1.807, 2.05) is 73.7 Å². The van der Waals surface area contributed by atoms with Crippen molar-refractivity contribution in [2.75, 3.05) is 12.0 Å². The molecule has 27 heavy (non-hydrogen) atoms. The fraction of sp³-hybridized carbons (Fsp3) is 0.174. The molecular weight excluding hydrogens is 338 g/mol. The first-order chi connectivity index (χ1) is 13.0. The van der Waals surface area contributed by atoms with Gasteiger partial charge in [-0.15, -0.1) is 0 Å². The summed E-state index contributed by atoms with van der Waals surface area (Å²) >= 11 is 0. The average Bonchev–Trinajstić information content (AvgIpc) is 2.92. The third-order valence-corrected chi connectivity index (χ3v) is 5.07. The van der Waals surface area contributed by atoms with Gasteiger partial charge in [0.2, 0.25) is 0 Å². The molecular formula is C23H21NO3. The summed E-state index contributed by atoms with van der Waals surface area (Å²) in [5, 5.41) is 11.5. The molecule has 0 spiro atoms. The van der Waals surface area contributed by atoms with Crippen molar-refractivity contribution in [2.45, 2.75) is 19.1 Å². The van der Waals surface area contributed by atoms with Crippen molar-refractivity contribution in [3.05, 3.63) is 95.1 Å². The zero-order chi connectivity index (χ0) is 19.0. The molecule has 0 aliphatic carbocycles. The molecule has 3 aromatic carbocycles. The Kier molecular flexibility index (Phi) is 4.21. The maximum absolute atomic E-state index is 13.4. The van der Waals surface area contributed by atoms with Gasteiger partial charge in [0.15, 0.2) is 5.60 Å². The van der Waals surface area contributed by atoms with Gasteiger partial charge in [0.25, 0.3) is 5.91 Å². The van der Waals surface area contributed by atoms with E-state index >= 15 is 0 Å². The lowest BCUT2D eigenvalue weighted by Gasteiger charge is -2.24. The standard InChI is InChI=1S/C23H21NO3/c1-16-6-5-7-18(14-16)23(26)20-8-3-4-9-21(20)24(22(23)25)15-17-10-12-19(27-2)13-11-17/h3-14,26H,15H2,1-2H3/t23-/m0/s1. The molecule has 1 N–H and O–H groups in total. The Labute approximate surface area is 158 Å². The fourth-order valence-corrected chi connectivity index (χ4v) is 3.65. The van der Waals surface area contributed by atoms with Crippen LogP contribution in [-0.4, -0.2) is 18.1 Å². The number of aliphatic hydroxyl groups is 1. The summed E-state index contributed by atoms with van der Waals surface area (Å²) in [6, 6.07) is 22.5. The second-order valence-electron chi connectivity index (χ2n) is 6.84. The Morgan fingerprint density at radius 2 is 1.74 bits per heavy atom. The third-order valence-electron chi connectivity index (χ3n) is 5.07. The van der Waals surface area contributed by atoms with Crippen molar-refractivity contribution in [3.63, 3.8) is 0 Å². The fourth-order valence-electron chi connectivity index (χ4n) is 3.65. The number of anilines is 1. The highest BCUT2D eigenvalue weighted by Crippen LogP contribution is 2.45. The largest absolute Gasteiger partial charge is 0.497 e. The second kappa shape index (κ2) is 6.56. The van der Waals surface area contributed by atoms with Crippen LogP contribution in [0.25, 0.3) is 0 Å². The summed E-state index contributed by atoms with van der Waals surface area (Å²) in [4.78, 5) is 15.0. The van der Waals surface area contributed by atoms with Crippen LogP contribution >= 0.6 is 0 Å². The quantitative estimate of drug-likeness (QED) is 0.771. The van der Waals surface area contributed by atoms with Crippen LogP contribution in [0.5, 0.6) is 5.75 Å². The molecule has 4 heteroatoms. The molecule has 1 atom stereocenters. The second-order valence-corrected chi connectivity index (χ2v) is 6.84. The lowest BCUT2D eigenvalue weighted by Crippen LogP contribution is -2.40. The van der Waals surface area contributed by atoms with Gasteiger partial charge in [0.1, 0.15) is 5.75 Å². The number of fused-ring (bicyclic) bond motifs is 1. The van der Waals surface area contributed by atoms with Crippen molar-refractivity contribution in [1.29, 1.82) is 0 Å². The van der Waals surface area contributed by atoms with E-state index in [0.29, 0.717) is 17.7 Å². The minimum Gasteiger partial charge on any atom is -0.497 e. The Balaban J connectivity index is 1.77. The van der Waals surface area contributed by atoms with Gasteiger partial charge in [-0.3, -0.25) is 4.79 Å². The van der Waals surface area contributed by atoms with Crippen LogP contribution in [0.2, 0.25) is 0 Å². The first-order valence-corrected chi connectivity index (χ1v) is 8.88. The molecule has 3 aromatic rings. The van der Waals surface area contributed by atoms with E-state index in [9.17, 15) is 9.90 Å². The summed E-state index contributed by atoms with van der Waals surface area (Å²) in [7, 11) is 1.62. The smallest absolute Gasteiger partial charge is 0.268 e. The monoisotopic (exact) mass is 359 g/mol. The van der Waals surface area contributed by atoms with Crippen LogP contribution in [0.3, 0.4) is 0 Å². The van der Waals surface area contributed by atoms with Crippen LogP contribution in [0, 0.1) is 6.92 Å².